The van der Waals surface area contributed by atoms with E-state index in [-0.39, 0.29) is 12.4 Å². The third-order valence-corrected chi connectivity index (χ3v) is 4.43. The SMILES string of the molecule is COc1cc(NC(=S)Nc2ccn(Cc3c(F)cccc3Cl)n2)cc(OC)c1. The number of hydrogen-bond donors (Lipinski definition) is 2. The largest absolute Gasteiger partial charge is 0.497 e. The summed E-state index contributed by atoms with van der Waals surface area (Å²) in [5, 5.41) is 11.1. The molecule has 2 N–H and O–H groups in total. The number of hydrogen-bond acceptors (Lipinski definition) is 4. The van der Waals surface area contributed by atoms with E-state index in [9.17, 15) is 4.39 Å². The third kappa shape index (κ3) is 4.90. The topological polar surface area (TPSA) is 60.3 Å². The number of halogens is 2. The molecule has 0 aliphatic carbocycles. The molecule has 0 spiro atoms. The highest BCUT2D eigenvalue weighted by Crippen LogP contribution is 2.26. The fraction of sp³-hybridized carbons (Fsp3) is 0.158. The Bertz CT molecular complexity index is 953. The Morgan fingerprint density at radius 2 is 1.86 bits per heavy atom. The summed E-state index contributed by atoms with van der Waals surface area (Å²) >= 11 is 11.4. The van der Waals surface area contributed by atoms with Crippen LogP contribution in [0.25, 0.3) is 0 Å². The van der Waals surface area contributed by atoms with Crippen molar-refractivity contribution in [3.05, 3.63) is 65.1 Å². The second-order valence-electron chi connectivity index (χ2n) is 5.78. The fourth-order valence-corrected chi connectivity index (χ4v) is 2.97. The Morgan fingerprint density at radius 3 is 2.50 bits per heavy atom. The molecule has 3 aromatic rings. The summed E-state index contributed by atoms with van der Waals surface area (Å²) in [6.07, 6.45) is 1.71. The quantitative estimate of drug-likeness (QED) is 0.570. The molecule has 0 saturated carbocycles. The van der Waals surface area contributed by atoms with E-state index in [0.29, 0.717) is 38.7 Å². The lowest BCUT2D eigenvalue weighted by Gasteiger charge is -2.12. The van der Waals surface area contributed by atoms with Crippen LogP contribution in [0.4, 0.5) is 15.9 Å². The second-order valence-corrected chi connectivity index (χ2v) is 6.59. The average molecular weight is 421 g/mol. The molecule has 3 rings (SSSR count). The Labute approximate surface area is 172 Å². The zero-order valence-corrected chi connectivity index (χ0v) is 16.8. The van der Waals surface area contributed by atoms with E-state index >= 15 is 0 Å². The summed E-state index contributed by atoms with van der Waals surface area (Å²) in [6, 6.07) is 11.6. The van der Waals surface area contributed by atoms with E-state index in [1.807, 2.05) is 0 Å². The molecule has 1 aromatic heterocycles. The van der Waals surface area contributed by atoms with Crippen molar-refractivity contribution in [2.24, 2.45) is 0 Å². The Hall–Kier alpha value is -2.84. The molecule has 0 fully saturated rings. The molecule has 0 bridgehead atoms. The summed E-state index contributed by atoms with van der Waals surface area (Å²) in [7, 11) is 3.15. The van der Waals surface area contributed by atoms with Crippen molar-refractivity contribution >= 4 is 40.4 Å². The molecule has 0 aliphatic rings. The van der Waals surface area contributed by atoms with Gasteiger partial charge >= 0.3 is 0 Å². The first kappa shape index (κ1) is 19.9. The van der Waals surface area contributed by atoms with Gasteiger partial charge in [-0.1, -0.05) is 17.7 Å². The monoisotopic (exact) mass is 420 g/mol. The van der Waals surface area contributed by atoms with Crippen LogP contribution in [0.1, 0.15) is 5.56 Å². The molecule has 146 valence electrons. The zero-order chi connectivity index (χ0) is 20.1. The van der Waals surface area contributed by atoms with Gasteiger partial charge in [-0.05, 0) is 24.4 Å². The van der Waals surface area contributed by atoms with E-state index in [0.717, 1.165) is 0 Å². The summed E-state index contributed by atoms with van der Waals surface area (Å²) in [5.41, 5.74) is 1.08. The van der Waals surface area contributed by atoms with Crippen molar-refractivity contribution in [3.8, 4) is 11.5 Å². The highest BCUT2D eigenvalue weighted by Gasteiger charge is 2.10. The number of benzene rings is 2. The predicted molar refractivity (Wildman–Crippen MR) is 112 cm³/mol. The molecular weight excluding hydrogens is 403 g/mol. The number of anilines is 2. The van der Waals surface area contributed by atoms with E-state index < -0.39 is 0 Å². The van der Waals surface area contributed by atoms with Gasteiger partial charge in [0.05, 0.1) is 20.8 Å². The first-order chi connectivity index (χ1) is 13.5. The molecule has 0 amide bonds. The molecule has 28 heavy (non-hydrogen) atoms. The van der Waals surface area contributed by atoms with Gasteiger partial charge < -0.3 is 20.1 Å². The first-order valence-corrected chi connectivity index (χ1v) is 9.04. The van der Waals surface area contributed by atoms with Crippen LogP contribution >= 0.6 is 23.8 Å². The van der Waals surface area contributed by atoms with Crippen molar-refractivity contribution in [1.82, 2.24) is 9.78 Å². The number of nitrogens with zero attached hydrogens (tertiary/aromatic N) is 2. The highest BCUT2D eigenvalue weighted by atomic mass is 35.5. The minimum atomic E-state index is -0.373. The number of aromatic nitrogens is 2. The van der Waals surface area contributed by atoms with Crippen LogP contribution < -0.4 is 20.1 Å². The molecule has 0 unspecified atom stereocenters. The number of nitrogens with one attached hydrogen (secondary N) is 2. The smallest absolute Gasteiger partial charge is 0.176 e. The maximum Gasteiger partial charge on any atom is 0.176 e. The number of thiocarbonyl (C=S) groups is 1. The van der Waals surface area contributed by atoms with Gasteiger partial charge in [0, 0.05) is 46.7 Å². The van der Waals surface area contributed by atoms with Crippen molar-refractivity contribution < 1.29 is 13.9 Å². The van der Waals surface area contributed by atoms with Crippen LogP contribution in [0.3, 0.4) is 0 Å². The molecule has 0 saturated heterocycles. The van der Waals surface area contributed by atoms with Crippen LogP contribution in [0.15, 0.2) is 48.7 Å². The average Bonchev–Trinajstić information content (AvgIpc) is 3.11. The Morgan fingerprint density at radius 1 is 1.14 bits per heavy atom. The first-order valence-electron chi connectivity index (χ1n) is 8.26. The van der Waals surface area contributed by atoms with Gasteiger partial charge in [-0.3, -0.25) is 4.68 Å². The van der Waals surface area contributed by atoms with E-state index in [1.165, 1.54) is 6.07 Å². The minimum Gasteiger partial charge on any atom is -0.497 e. The highest BCUT2D eigenvalue weighted by molar-refractivity contribution is 7.80. The normalized spacial score (nSPS) is 10.4. The minimum absolute atomic E-state index is 0.209. The maximum atomic E-state index is 13.9. The van der Waals surface area contributed by atoms with Crippen LogP contribution in [-0.4, -0.2) is 29.1 Å². The molecule has 2 aromatic carbocycles. The van der Waals surface area contributed by atoms with Gasteiger partial charge in [0.2, 0.25) is 0 Å². The van der Waals surface area contributed by atoms with Gasteiger partial charge in [0.1, 0.15) is 17.3 Å². The summed E-state index contributed by atoms with van der Waals surface area (Å²) in [6.45, 7) is 0.209. The summed E-state index contributed by atoms with van der Waals surface area (Å²) in [4.78, 5) is 0. The van der Waals surface area contributed by atoms with Gasteiger partial charge in [-0.25, -0.2) is 4.39 Å². The number of rotatable bonds is 6. The second kappa shape index (κ2) is 8.90. The van der Waals surface area contributed by atoms with Crippen LogP contribution in [-0.2, 0) is 6.54 Å². The fourth-order valence-electron chi connectivity index (χ4n) is 2.52. The van der Waals surface area contributed by atoms with E-state index in [2.05, 4.69) is 15.7 Å². The lowest BCUT2D eigenvalue weighted by Crippen LogP contribution is -2.19. The molecule has 0 aliphatic heterocycles. The number of ether oxygens (including phenoxy) is 2. The van der Waals surface area contributed by atoms with Gasteiger partial charge in [-0.2, -0.15) is 5.10 Å². The standard InChI is InChI=1S/C19H18ClFN4O2S/c1-26-13-8-12(9-14(10-13)27-2)22-19(28)23-18-6-7-25(24-18)11-15-16(20)4-3-5-17(15)21/h3-10H,11H2,1-2H3,(H2,22,23,24,28). The molecule has 0 radical (unpaired) electrons. The van der Waals surface area contributed by atoms with Gasteiger partial charge in [0.15, 0.2) is 10.9 Å². The van der Waals surface area contributed by atoms with Crippen molar-refractivity contribution in [1.29, 1.82) is 0 Å². The molecule has 1 heterocycles. The lowest BCUT2D eigenvalue weighted by atomic mass is 10.2. The van der Waals surface area contributed by atoms with Crippen molar-refractivity contribution in [3.63, 3.8) is 0 Å². The van der Waals surface area contributed by atoms with Gasteiger partial charge in [-0.15, -0.1) is 0 Å². The molecule has 9 heteroatoms. The molecule has 6 nitrogen and oxygen atoms in total. The van der Waals surface area contributed by atoms with Crippen LogP contribution in [0, 0.1) is 5.82 Å². The van der Waals surface area contributed by atoms with Crippen LogP contribution in [0.2, 0.25) is 5.02 Å². The summed E-state index contributed by atoms with van der Waals surface area (Å²) < 4.78 is 26.0. The number of methoxy groups -OCH3 is 2. The van der Waals surface area contributed by atoms with Crippen molar-refractivity contribution in [2.45, 2.75) is 6.54 Å². The third-order valence-electron chi connectivity index (χ3n) is 3.87. The Kier molecular flexibility index (Phi) is 6.33. The van der Waals surface area contributed by atoms with E-state index in [4.69, 9.17) is 33.3 Å². The summed E-state index contributed by atoms with van der Waals surface area (Å²) in [5.74, 6) is 1.41. The van der Waals surface area contributed by atoms with Gasteiger partial charge in [0.25, 0.3) is 0 Å². The van der Waals surface area contributed by atoms with E-state index in [1.54, 1.807) is 61.5 Å². The zero-order valence-electron chi connectivity index (χ0n) is 15.2. The van der Waals surface area contributed by atoms with Crippen LogP contribution in [0.5, 0.6) is 11.5 Å². The Balaban J connectivity index is 1.66. The molecule has 0 atom stereocenters. The van der Waals surface area contributed by atoms with Crippen molar-refractivity contribution in [2.75, 3.05) is 24.9 Å². The predicted octanol–water partition coefficient (Wildman–Crippen LogP) is 4.55. The maximum absolute atomic E-state index is 13.9. The lowest BCUT2D eigenvalue weighted by molar-refractivity contribution is 0.395. The molecular formula is C19H18ClFN4O2S.